The Labute approximate surface area is 369 Å². The first kappa shape index (κ1) is 56.2. The molecule has 0 spiro atoms. The molecule has 0 aromatic carbocycles. The molecule has 0 bridgehead atoms. The van der Waals surface area contributed by atoms with Crippen LogP contribution in [0.3, 0.4) is 0 Å². The highest BCUT2D eigenvalue weighted by Crippen LogP contribution is 2.41. The van der Waals surface area contributed by atoms with Gasteiger partial charge in [0.25, 0.3) is 0 Å². The third-order valence-corrected chi connectivity index (χ3v) is 15.1. The van der Waals surface area contributed by atoms with Gasteiger partial charge in [-0.15, -0.1) is 0 Å². The molecule has 0 aliphatic carbocycles. The van der Waals surface area contributed by atoms with E-state index >= 15 is 0 Å². The molecular weight excluding hydrogens is 811 g/mol. The van der Waals surface area contributed by atoms with E-state index in [2.05, 4.69) is 96.9 Å². The van der Waals surface area contributed by atoms with Gasteiger partial charge in [0.05, 0.1) is 59.5 Å². The number of hydrogen-bond acceptors (Lipinski definition) is 12. The summed E-state index contributed by atoms with van der Waals surface area (Å²) in [5.74, 6) is 2.25. The molecule has 0 amide bonds. The molecule has 1 aromatic rings. The first-order chi connectivity index (χ1) is 27.2. The molecular formula is C44H85N3O9S3. The first-order valence-corrected chi connectivity index (χ1v) is 24.6. The normalized spacial score (nSPS) is 14.9. The van der Waals surface area contributed by atoms with E-state index in [1.54, 1.807) is 35.3 Å². The maximum atomic E-state index is 14.8. The van der Waals surface area contributed by atoms with Crippen LogP contribution in [0.5, 0.6) is 0 Å². The second-order valence-electron chi connectivity index (χ2n) is 20.3. The van der Waals surface area contributed by atoms with Gasteiger partial charge in [0.15, 0.2) is 0 Å². The molecule has 348 valence electrons. The Morgan fingerprint density at radius 2 is 0.763 bits per heavy atom. The number of ether oxygens (including phenoxy) is 3. The van der Waals surface area contributed by atoms with E-state index in [-0.39, 0.29) is 88.2 Å². The number of nitrogens with zero attached hydrogens (tertiary/aromatic N) is 3. The maximum Gasteiger partial charge on any atom is 0.336 e. The SMILES string of the molecule is CC(C)C(Cn1c(=O)n(CC(CC(C)(C)SCCOCCO)C(C)(C)C)c(=O)n(CC(CC(C)(C)SCCOCCO)C(C)(C)C)c1=O)CC(C)(C)SCCOCCO. The summed E-state index contributed by atoms with van der Waals surface area (Å²) in [7, 11) is 0. The fourth-order valence-electron chi connectivity index (χ4n) is 7.25. The Morgan fingerprint density at radius 3 is 1.03 bits per heavy atom. The third kappa shape index (κ3) is 21.4. The van der Waals surface area contributed by atoms with Crippen molar-refractivity contribution in [1.29, 1.82) is 0 Å². The Hall–Kier alpha value is -0.780. The van der Waals surface area contributed by atoms with Crippen LogP contribution in [0.15, 0.2) is 14.4 Å². The fraction of sp³-hybridized carbons (Fsp3) is 0.932. The van der Waals surface area contributed by atoms with Gasteiger partial charge in [0.1, 0.15) is 0 Å². The molecule has 0 aliphatic heterocycles. The summed E-state index contributed by atoms with van der Waals surface area (Å²) in [6.07, 6.45) is 2.20. The predicted octanol–water partition coefficient (Wildman–Crippen LogP) is 6.50. The van der Waals surface area contributed by atoms with E-state index in [4.69, 9.17) is 29.5 Å². The van der Waals surface area contributed by atoms with Crippen LogP contribution in [-0.2, 0) is 33.8 Å². The van der Waals surface area contributed by atoms with Crippen LogP contribution in [0.25, 0.3) is 0 Å². The van der Waals surface area contributed by atoms with Crippen LogP contribution in [0, 0.1) is 34.5 Å². The molecule has 0 saturated heterocycles. The van der Waals surface area contributed by atoms with Gasteiger partial charge in [-0.3, -0.25) is 0 Å². The Morgan fingerprint density at radius 1 is 0.475 bits per heavy atom. The third-order valence-electron chi connectivity index (χ3n) is 11.1. The highest BCUT2D eigenvalue weighted by molar-refractivity contribution is 8.01. The summed E-state index contributed by atoms with van der Waals surface area (Å²) in [6, 6.07) is 0. The van der Waals surface area contributed by atoms with E-state index < -0.39 is 17.1 Å². The van der Waals surface area contributed by atoms with E-state index in [9.17, 15) is 14.4 Å². The predicted molar refractivity (Wildman–Crippen MR) is 251 cm³/mol. The van der Waals surface area contributed by atoms with Crippen LogP contribution in [0.4, 0.5) is 0 Å². The lowest BCUT2D eigenvalue weighted by atomic mass is 9.76. The molecule has 0 saturated carbocycles. The summed E-state index contributed by atoms with van der Waals surface area (Å²) in [6.45, 7) is 33.3. The van der Waals surface area contributed by atoms with E-state index in [1.807, 2.05) is 0 Å². The number of rotatable bonds is 31. The zero-order chi connectivity index (χ0) is 45.2. The number of hydrogen-bond donors (Lipinski definition) is 3. The van der Waals surface area contributed by atoms with E-state index in [0.29, 0.717) is 39.6 Å². The molecule has 3 N–H and O–H groups in total. The van der Waals surface area contributed by atoms with Crippen molar-refractivity contribution in [2.75, 3.05) is 76.7 Å². The van der Waals surface area contributed by atoms with Crippen molar-refractivity contribution in [3.05, 3.63) is 31.5 Å². The van der Waals surface area contributed by atoms with Gasteiger partial charge < -0.3 is 29.5 Å². The molecule has 1 heterocycles. The largest absolute Gasteiger partial charge is 0.394 e. The van der Waals surface area contributed by atoms with Crippen molar-refractivity contribution in [2.24, 2.45) is 34.5 Å². The lowest BCUT2D eigenvalue weighted by molar-refractivity contribution is 0.103. The quantitative estimate of drug-likeness (QED) is 0.0698. The van der Waals surface area contributed by atoms with Crippen LogP contribution in [-0.4, -0.2) is 120 Å². The lowest BCUT2D eigenvalue weighted by Crippen LogP contribution is -2.57. The molecule has 0 fully saturated rings. The van der Waals surface area contributed by atoms with Crippen LogP contribution >= 0.6 is 35.3 Å². The van der Waals surface area contributed by atoms with Crippen molar-refractivity contribution in [3.63, 3.8) is 0 Å². The topological polar surface area (TPSA) is 154 Å². The first-order valence-electron chi connectivity index (χ1n) is 21.6. The van der Waals surface area contributed by atoms with Gasteiger partial charge in [-0.1, -0.05) is 96.9 Å². The maximum absolute atomic E-state index is 14.8. The molecule has 3 unspecified atom stereocenters. The van der Waals surface area contributed by atoms with E-state index in [0.717, 1.165) is 36.5 Å². The minimum absolute atomic E-state index is 0.0124. The Kier molecular flexibility index (Phi) is 24.9. The lowest BCUT2D eigenvalue weighted by Gasteiger charge is -2.38. The van der Waals surface area contributed by atoms with Crippen molar-refractivity contribution >= 4 is 35.3 Å². The molecule has 59 heavy (non-hydrogen) atoms. The second kappa shape index (κ2) is 26.1. The molecule has 1 aromatic heterocycles. The molecule has 3 atom stereocenters. The zero-order valence-corrected chi connectivity index (χ0v) is 41.8. The molecule has 15 heteroatoms. The minimum Gasteiger partial charge on any atom is -0.394 e. The summed E-state index contributed by atoms with van der Waals surface area (Å²) < 4.78 is 20.1. The average Bonchev–Trinajstić information content (AvgIpc) is 3.10. The monoisotopic (exact) mass is 896 g/mol. The fourth-order valence-corrected chi connectivity index (χ4v) is 10.5. The van der Waals surface area contributed by atoms with Crippen molar-refractivity contribution in [1.82, 2.24) is 13.7 Å². The summed E-state index contributed by atoms with van der Waals surface area (Å²) in [4.78, 5) is 44.3. The summed E-state index contributed by atoms with van der Waals surface area (Å²) >= 11 is 5.34. The van der Waals surface area contributed by atoms with Crippen LogP contribution in [0.1, 0.15) is 116 Å². The van der Waals surface area contributed by atoms with Crippen molar-refractivity contribution in [2.45, 2.75) is 150 Å². The van der Waals surface area contributed by atoms with Crippen LogP contribution in [0.2, 0.25) is 0 Å². The molecule has 0 aliphatic rings. The van der Waals surface area contributed by atoms with Gasteiger partial charge >= 0.3 is 17.1 Å². The smallest absolute Gasteiger partial charge is 0.336 e. The number of aromatic nitrogens is 3. The van der Waals surface area contributed by atoms with Gasteiger partial charge in [-0.05, 0) is 53.8 Å². The highest BCUT2D eigenvalue weighted by Gasteiger charge is 2.36. The highest BCUT2D eigenvalue weighted by atomic mass is 32.2. The molecule has 0 radical (unpaired) electrons. The van der Waals surface area contributed by atoms with Gasteiger partial charge in [0.2, 0.25) is 0 Å². The van der Waals surface area contributed by atoms with Gasteiger partial charge in [0, 0.05) is 51.1 Å². The van der Waals surface area contributed by atoms with E-state index in [1.165, 1.54) is 13.7 Å². The van der Waals surface area contributed by atoms with Crippen molar-refractivity contribution in [3.8, 4) is 0 Å². The number of aliphatic hydroxyl groups excluding tert-OH is 3. The van der Waals surface area contributed by atoms with Crippen LogP contribution < -0.4 is 17.1 Å². The molecule has 1 rings (SSSR count). The van der Waals surface area contributed by atoms with Gasteiger partial charge in [-0.25, -0.2) is 28.1 Å². The number of aliphatic hydroxyl groups is 3. The zero-order valence-electron chi connectivity index (χ0n) is 39.4. The summed E-state index contributed by atoms with van der Waals surface area (Å²) in [5, 5.41) is 27.3. The summed E-state index contributed by atoms with van der Waals surface area (Å²) in [5.41, 5.74) is -2.17. The van der Waals surface area contributed by atoms with Gasteiger partial charge in [-0.2, -0.15) is 35.3 Å². The average molecular weight is 896 g/mol. The Balaban J connectivity index is 3.85. The Bertz CT molecular complexity index is 1420. The minimum atomic E-state index is -0.551. The second-order valence-corrected chi connectivity index (χ2v) is 25.7. The molecule has 12 nitrogen and oxygen atoms in total. The standard InChI is InChI=1S/C44H85N3O9S3/c1-33(2)34(27-42(9,10)57-24-21-54-18-15-48)30-45-37(51)46(31-35(40(3,4)5)28-43(11,12)58-25-22-55-19-16-49)39(53)47(38(45)52)32-36(41(6,7)8)29-44(13,14)59-26-23-56-20-17-50/h33-36,48-50H,15-32H2,1-14H3. The number of thioether (sulfide) groups is 3. The van der Waals surface area contributed by atoms with Crippen molar-refractivity contribution < 1.29 is 29.5 Å².